The zero-order valence-corrected chi connectivity index (χ0v) is 16.4. The summed E-state index contributed by atoms with van der Waals surface area (Å²) >= 11 is 0. The van der Waals surface area contributed by atoms with E-state index in [1.54, 1.807) is 6.92 Å². The molecule has 0 aliphatic heterocycles. The van der Waals surface area contributed by atoms with Crippen LogP contribution in [0, 0.1) is 0 Å². The number of benzene rings is 1. The predicted molar refractivity (Wildman–Crippen MR) is 106 cm³/mol. The molecule has 140 valence electrons. The van der Waals surface area contributed by atoms with E-state index < -0.39 is 6.10 Å². The Morgan fingerprint density at radius 3 is 1.96 bits per heavy atom. The van der Waals surface area contributed by atoms with Gasteiger partial charge < -0.3 is 9.84 Å². The molecular formula is C22H40O2. The first-order valence-corrected chi connectivity index (χ1v) is 9.08. The molecule has 0 spiro atoms. The molecule has 1 N–H and O–H groups in total. The maximum atomic E-state index is 9.92. The lowest BCUT2D eigenvalue weighted by molar-refractivity contribution is 0.0452. The summed E-state index contributed by atoms with van der Waals surface area (Å²) < 4.78 is 6.20. The summed E-state index contributed by atoms with van der Waals surface area (Å²) in [4.78, 5) is 0. The summed E-state index contributed by atoms with van der Waals surface area (Å²) in [7, 11) is 0. The van der Waals surface area contributed by atoms with Crippen LogP contribution in [0.5, 0.6) is 5.75 Å². The molecule has 24 heavy (non-hydrogen) atoms. The largest absolute Gasteiger partial charge is 0.487 e. The van der Waals surface area contributed by atoms with Gasteiger partial charge in [-0.1, -0.05) is 68.0 Å². The lowest BCUT2D eigenvalue weighted by Crippen LogP contribution is -2.30. The fraction of sp³-hybridized carbons (Fsp3) is 0.727. The minimum Gasteiger partial charge on any atom is -0.487 e. The molecule has 2 nitrogen and oxygen atoms in total. The highest BCUT2D eigenvalue weighted by molar-refractivity contribution is 5.44. The Morgan fingerprint density at radius 1 is 1.00 bits per heavy atom. The van der Waals surface area contributed by atoms with E-state index in [-0.39, 0.29) is 24.4 Å². The van der Waals surface area contributed by atoms with Crippen molar-refractivity contribution in [3.05, 3.63) is 29.3 Å². The fourth-order valence-corrected chi connectivity index (χ4v) is 2.66. The van der Waals surface area contributed by atoms with Gasteiger partial charge in [-0.3, -0.25) is 0 Å². The maximum Gasteiger partial charge on any atom is 0.124 e. The van der Waals surface area contributed by atoms with Crippen molar-refractivity contribution in [2.75, 3.05) is 0 Å². The van der Waals surface area contributed by atoms with Crippen LogP contribution in [-0.2, 0) is 10.8 Å². The highest BCUT2D eigenvalue weighted by Gasteiger charge is 2.28. The Balaban J connectivity index is 0.00000529. The summed E-state index contributed by atoms with van der Waals surface area (Å²) in [6, 6.07) is 6.60. The molecule has 0 aliphatic carbocycles. The molecule has 0 fully saturated rings. The van der Waals surface area contributed by atoms with Crippen LogP contribution in [0.3, 0.4) is 0 Å². The number of hydrogen-bond acceptors (Lipinski definition) is 2. The van der Waals surface area contributed by atoms with Crippen LogP contribution >= 0.6 is 0 Å². The molecule has 1 rings (SSSR count). The molecule has 0 saturated heterocycles. The van der Waals surface area contributed by atoms with Gasteiger partial charge in [-0.05, 0) is 48.6 Å². The van der Waals surface area contributed by atoms with Gasteiger partial charge in [0.15, 0.2) is 0 Å². The van der Waals surface area contributed by atoms with Crippen LogP contribution in [0.25, 0.3) is 0 Å². The highest BCUT2D eigenvalue weighted by Crippen LogP contribution is 2.39. The lowest BCUT2D eigenvalue weighted by atomic mass is 9.76. The van der Waals surface area contributed by atoms with Crippen molar-refractivity contribution in [2.45, 2.75) is 105 Å². The Labute approximate surface area is 150 Å². The van der Waals surface area contributed by atoms with Gasteiger partial charge in [-0.25, -0.2) is 0 Å². The fourth-order valence-electron chi connectivity index (χ4n) is 2.66. The highest BCUT2D eigenvalue weighted by atomic mass is 16.5. The van der Waals surface area contributed by atoms with Crippen LogP contribution in [0.15, 0.2) is 18.2 Å². The minimum absolute atomic E-state index is 0. The Bertz CT molecular complexity index is 501. The Kier molecular flexibility index (Phi) is 8.52. The van der Waals surface area contributed by atoms with E-state index in [0.29, 0.717) is 0 Å². The predicted octanol–water partition coefficient (Wildman–Crippen LogP) is 6.24. The second-order valence-corrected chi connectivity index (χ2v) is 7.99. The van der Waals surface area contributed by atoms with E-state index in [9.17, 15) is 5.11 Å². The quantitative estimate of drug-likeness (QED) is 0.609. The van der Waals surface area contributed by atoms with E-state index >= 15 is 0 Å². The van der Waals surface area contributed by atoms with Crippen LogP contribution in [0.1, 0.15) is 93.2 Å². The molecule has 0 aliphatic rings. The van der Waals surface area contributed by atoms with Crippen LogP contribution < -0.4 is 4.74 Å². The van der Waals surface area contributed by atoms with Gasteiger partial charge in [-0.15, -0.1) is 0 Å². The summed E-state index contributed by atoms with van der Waals surface area (Å²) in [5.74, 6) is 0.917. The second kappa shape index (κ2) is 8.89. The third-order valence-electron chi connectivity index (χ3n) is 5.48. The first-order valence-electron chi connectivity index (χ1n) is 9.08. The van der Waals surface area contributed by atoms with Crippen LogP contribution in [0.4, 0.5) is 0 Å². The zero-order valence-electron chi connectivity index (χ0n) is 16.4. The van der Waals surface area contributed by atoms with E-state index in [0.717, 1.165) is 25.0 Å². The van der Waals surface area contributed by atoms with E-state index in [1.807, 2.05) is 0 Å². The van der Waals surface area contributed by atoms with Crippen molar-refractivity contribution in [1.82, 2.24) is 0 Å². The number of aliphatic hydroxyl groups excluding tert-OH is 1. The average molecular weight is 337 g/mol. The number of ether oxygens (including phenoxy) is 1. The van der Waals surface area contributed by atoms with E-state index in [2.05, 4.69) is 66.7 Å². The van der Waals surface area contributed by atoms with E-state index in [1.165, 1.54) is 11.1 Å². The molecule has 0 bridgehead atoms. The van der Waals surface area contributed by atoms with Crippen LogP contribution in [0.2, 0.25) is 0 Å². The van der Waals surface area contributed by atoms with Gasteiger partial charge in [0.05, 0.1) is 6.10 Å². The monoisotopic (exact) mass is 336 g/mol. The van der Waals surface area contributed by atoms with Crippen molar-refractivity contribution in [3.63, 3.8) is 0 Å². The van der Waals surface area contributed by atoms with E-state index in [4.69, 9.17) is 4.74 Å². The zero-order chi connectivity index (χ0) is 17.8. The summed E-state index contributed by atoms with van der Waals surface area (Å²) in [5.41, 5.74) is 2.81. The molecule has 1 aromatic carbocycles. The van der Waals surface area contributed by atoms with Gasteiger partial charge in [0.25, 0.3) is 0 Å². The molecule has 2 atom stereocenters. The van der Waals surface area contributed by atoms with Crippen molar-refractivity contribution in [3.8, 4) is 5.75 Å². The van der Waals surface area contributed by atoms with Crippen molar-refractivity contribution < 1.29 is 9.84 Å². The molecule has 2 heteroatoms. The van der Waals surface area contributed by atoms with Gasteiger partial charge in [0.2, 0.25) is 0 Å². The summed E-state index contributed by atoms with van der Waals surface area (Å²) in [5, 5.41) is 9.92. The molecule has 0 heterocycles. The van der Waals surface area contributed by atoms with Crippen LogP contribution in [-0.4, -0.2) is 17.3 Å². The average Bonchev–Trinajstić information content (AvgIpc) is 2.51. The SMILES string of the molecule is C.CCC(Oc1ccc(C(C)(C)CC)cc1C(C)(C)CC)C(C)O. The first-order chi connectivity index (χ1) is 10.6. The molecule has 2 unspecified atom stereocenters. The minimum atomic E-state index is -0.468. The van der Waals surface area contributed by atoms with Crippen molar-refractivity contribution in [1.29, 1.82) is 0 Å². The maximum absolute atomic E-state index is 9.92. The Morgan fingerprint density at radius 2 is 1.54 bits per heavy atom. The van der Waals surface area contributed by atoms with Crippen molar-refractivity contribution >= 4 is 0 Å². The van der Waals surface area contributed by atoms with Gasteiger partial charge >= 0.3 is 0 Å². The molecule has 1 aromatic rings. The molecule has 0 saturated carbocycles. The number of hydrogen-bond donors (Lipinski definition) is 1. The standard InChI is InChI=1S/C21H36O2.CH4/c1-9-18(15(4)22)23-19-13-12-16(20(5,6)10-2)14-17(19)21(7,8)11-3;/h12-15,18,22H,9-11H2,1-8H3;1H4. The normalized spacial score (nSPS) is 14.7. The molecule has 0 amide bonds. The van der Waals surface area contributed by atoms with Gasteiger partial charge in [-0.2, -0.15) is 0 Å². The molecule has 0 radical (unpaired) electrons. The Hall–Kier alpha value is -1.02. The van der Waals surface area contributed by atoms with Gasteiger partial charge in [0.1, 0.15) is 11.9 Å². The third kappa shape index (κ3) is 5.24. The number of aliphatic hydroxyl groups is 1. The number of rotatable bonds is 8. The smallest absolute Gasteiger partial charge is 0.124 e. The lowest BCUT2D eigenvalue weighted by Gasteiger charge is -2.32. The summed E-state index contributed by atoms with van der Waals surface area (Å²) in [6.45, 7) is 17.4. The van der Waals surface area contributed by atoms with Crippen molar-refractivity contribution in [2.24, 2.45) is 0 Å². The molecule has 0 aromatic heterocycles. The summed E-state index contributed by atoms with van der Waals surface area (Å²) in [6.07, 6.45) is 2.32. The first kappa shape index (κ1) is 23.0. The third-order valence-corrected chi connectivity index (χ3v) is 5.48. The topological polar surface area (TPSA) is 29.5 Å². The van der Waals surface area contributed by atoms with Gasteiger partial charge in [0, 0.05) is 5.56 Å². The molecular weight excluding hydrogens is 296 g/mol. The second-order valence-electron chi connectivity index (χ2n) is 7.99.